The summed E-state index contributed by atoms with van der Waals surface area (Å²) in [6.45, 7) is 27.6. The van der Waals surface area contributed by atoms with E-state index in [9.17, 15) is 0 Å². The number of nitrogens with zero attached hydrogens (tertiary/aromatic N) is 4. The molecule has 2 aliphatic rings. The topological polar surface area (TPSA) is 60.2 Å². The van der Waals surface area contributed by atoms with Crippen LogP contribution in [0.15, 0.2) is 121 Å². The van der Waals surface area contributed by atoms with Gasteiger partial charge in [-0.05, 0) is 0 Å². The third-order valence-corrected chi connectivity index (χ3v) is 43.0. The van der Waals surface area contributed by atoms with Crippen LogP contribution in [0.4, 0.5) is 22.7 Å². The molecule has 304 valence electrons. The average Bonchev–Trinajstić information content (AvgIpc) is 3.03. The van der Waals surface area contributed by atoms with Crippen LogP contribution in [0.1, 0.15) is 83.1 Å². The average molecular weight is 1090 g/mol. The van der Waals surface area contributed by atoms with Gasteiger partial charge < -0.3 is 0 Å². The summed E-state index contributed by atoms with van der Waals surface area (Å²) < 4.78 is 10.6. The molecule has 0 fully saturated rings. The Hall–Kier alpha value is -0.922. The van der Waals surface area contributed by atoms with Crippen molar-refractivity contribution < 1.29 is 16.4 Å². The predicted molar refractivity (Wildman–Crippen MR) is 251 cm³/mol. The van der Waals surface area contributed by atoms with Gasteiger partial charge in [0.2, 0.25) is 0 Å². The van der Waals surface area contributed by atoms with E-state index in [1.54, 1.807) is 0 Å². The number of nitrogens with one attached hydrogen (secondary N) is 4. The monoisotopic (exact) mass is 1100 g/mol. The van der Waals surface area contributed by atoms with Gasteiger partial charge in [0.25, 0.3) is 0 Å². The van der Waals surface area contributed by atoms with Crippen molar-refractivity contribution in [3.63, 3.8) is 0 Å². The Morgan fingerprint density at radius 1 is 0.304 bits per heavy atom. The number of hydrogen-bond donors (Lipinski definition) is 4. The minimum atomic E-state index is -1.94. The van der Waals surface area contributed by atoms with E-state index in [4.69, 9.17) is 0 Å². The van der Waals surface area contributed by atoms with E-state index < -0.39 is 24.2 Å². The third kappa shape index (κ3) is 9.50. The summed E-state index contributed by atoms with van der Waals surface area (Å²) in [5.74, 6) is 0. The summed E-state index contributed by atoms with van der Waals surface area (Å²) in [5.41, 5.74) is 4.47. The second kappa shape index (κ2) is 16.9. The number of anilines is 4. The van der Waals surface area contributed by atoms with Crippen LogP contribution in [0.2, 0.25) is 0 Å². The molecule has 0 spiro atoms. The van der Waals surface area contributed by atoms with Gasteiger partial charge in [-0.3, -0.25) is 0 Å². The van der Waals surface area contributed by atoms with E-state index in [2.05, 4.69) is 303 Å². The SMILES string of the molecule is CC(C)(C)[N+]1=P([Se-])(Nc2ccccc2)[N+](C(C)(C)C)=P1([Se-])Nc1ccccc1.CC(C)(C)[N+]1=P([Se-])(Nc2ccccc2)[N+](C(C)(C)C)=P1([Se-])Nc1ccccc1. The van der Waals surface area contributed by atoms with Gasteiger partial charge in [-0.25, -0.2) is 0 Å². The molecule has 4 aromatic carbocycles. The molecule has 0 unspecified atom stereocenters. The first-order chi connectivity index (χ1) is 25.8. The second-order valence-corrected chi connectivity index (χ2v) is 40.5. The zero-order valence-corrected chi connectivity index (χ0v) is 45.2. The Kier molecular flexibility index (Phi) is 13.9. The van der Waals surface area contributed by atoms with Crippen molar-refractivity contribution in [2.75, 3.05) is 20.3 Å². The first-order valence-electron chi connectivity index (χ1n) is 18.8. The van der Waals surface area contributed by atoms with Crippen molar-refractivity contribution in [2.45, 2.75) is 105 Å². The summed E-state index contributed by atoms with van der Waals surface area (Å²) in [4.78, 5) is 0. The number of benzene rings is 4. The van der Waals surface area contributed by atoms with Gasteiger partial charge in [0.1, 0.15) is 0 Å². The molecule has 0 saturated carbocycles. The molecule has 0 saturated heterocycles. The summed E-state index contributed by atoms with van der Waals surface area (Å²) >= 11 is 14.4. The fraction of sp³-hybridized carbons (Fsp3) is 0.400. The van der Waals surface area contributed by atoms with Crippen LogP contribution >= 0.6 is 24.2 Å². The molecule has 16 heteroatoms. The molecule has 6 rings (SSSR count). The summed E-state index contributed by atoms with van der Waals surface area (Å²) in [6.07, 6.45) is 0. The first kappa shape index (κ1) is 46.1. The van der Waals surface area contributed by atoms with Gasteiger partial charge in [0, 0.05) is 0 Å². The Morgan fingerprint density at radius 3 is 0.571 bits per heavy atom. The molecule has 0 aliphatic carbocycles. The number of hydrogen-bond acceptors (Lipinski definition) is 4. The van der Waals surface area contributed by atoms with Crippen molar-refractivity contribution in [1.82, 2.24) is 0 Å². The van der Waals surface area contributed by atoms with Crippen molar-refractivity contribution in [1.29, 1.82) is 0 Å². The number of rotatable bonds is 8. The van der Waals surface area contributed by atoms with Gasteiger partial charge in [-0.15, -0.1) is 0 Å². The van der Waals surface area contributed by atoms with Gasteiger partial charge >= 0.3 is 373 Å². The van der Waals surface area contributed by atoms with Crippen LogP contribution in [0.3, 0.4) is 0 Å². The van der Waals surface area contributed by atoms with Gasteiger partial charge in [0.05, 0.1) is 0 Å². The molecule has 0 aromatic heterocycles. The van der Waals surface area contributed by atoms with Crippen LogP contribution in [-0.4, -0.2) is 101 Å². The van der Waals surface area contributed by atoms with Gasteiger partial charge in [-0.2, -0.15) is 0 Å². The maximum atomic E-state index is 3.88. The van der Waals surface area contributed by atoms with Gasteiger partial charge in [-0.1, -0.05) is 0 Å². The molecule has 4 N–H and O–H groups in total. The van der Waals surface area contributed by atoms with Crippen LogP contribution in [0.5, 0.6) is 0 Å². The molecule has 4 aromatic rings. The predicted octanol–water partition coefficient (Wildman–Crippen LogP) is 12.2. The molecule has 2 aliphatic heterocycles. The van der Waals surface area contributed by atoms with Crippen LogP contribution < -0.4 is 20.3 Å². The molecule has 0 bridgehead atoms. The maximum absolute atomic E-state index is 3.88. The van der Waals surface area contributed by atoms with Crippen molar-refractivity contribution >= 4 is 109 Å². The molecular weight excluding hydrogens is 1030 g/mol. The Balaban J connectivity index is 0.000000214. The second-order valence-electron chi connectivity index (χ2n) is 17.9. The van der Waals surface area contributed by atoms with E-state index >= 15 is 0 Å². The quantitative estimate of drug-likeness (QED) is 0.105. The van der Waals surface area contributed by atoms with Crippen LogP contribution in [-0.2, 0) is 0 Å². The Bertz CT molecular complexity index is 1920. The minimum absolute atomic E-state index is 0.0244. The van der Waals surface area contributed by atoms with Gasteiger partial charge in [0.15, 0.2) is 0 Å². The first-order valence-corrected chi connectivity index (χ1v) is 34.4. The third-order valence-electron chi connectivity index (χ3n) is 8.65. The fourth-order valence-electron chi connectivity index (χ4n) is 7.27. The fourth-order valence-corrected chi connectivity index (χ4v) is 63.7. The number of para-hydroxylation sites is 4. The summed E-state index contributed by atoms with van der Waals surface area (Å²) in [7, 11) is 0. The normalized spacial score (nSPS) is 25.3. The molecule has 8 nitrogen and oxygen atoms in total. The standard InChI is InChI=1S/2C20H28N4P2Se2/c2*1-19(2,3)23-25(27,21-17-13-9-7-10-14-17)24(20(4,5)6)26(23,28)22-18-15-11-8-12-16-18/h2*7-16H,1-6H3/q2*-2/p+4. The van der Waals surface area contributed by atoms with E-state index in [1.165, 1.54) is 0 Å². The Labute approximate surface area is 369 Å². The molecule has 0 amide bonds. The van der Waals surface area contributed by atoms with E-state index in [0.717, 1.165) is 22.7 Å². The Morgan fingerprint density at radius 2 is 0.446 bits per heavy atom. The zero-order chi connectivity index (χ0) is 41.6. The summed E-state index contributed by atoms with van der Waals surface area (Å²) in [6, 6.07) is 34.3. The van der Waals surface area contributed by atoms with E-state index in [0.29, 0.717) is 0 Å². The van der Waals surface area contributed by atoms with E-state index in [1.807, 2.05) is 0 Å². The summed E-state index contributed by atoms with van der Waals surface area (Å²) in [5, 5.41) is 15.5. The van der Waals surface area contributed by atoms with Crippen LogP contribution in [0, 0.1) is 0 Å². The van der Waals surface area contributed by atoms with Crippen LogP contribution in [0.25, 0.3) is 0 Å². The van der Waals surface area contributed by atoms with E-state index in [-0.39, 0.29) is 22.2 Å². The molecular formula is C40H60N8P4Se4. The molecule has 0 atom stereocenters. The molecule has 2 heterocycles. The van der Waals surface area contributed by atoms with Crippen molar-refractivity contribution in [3.8, 4) is 0 Å². The molecule has 0 radical (unpaired) electrons. The van der Waals surface area contributed by atoms with Crippen molar-refractivity contribution in [3.05, 3.63) is 121 Å². The molecule has 56 heavy (non-hydrogen) atoms. The zero-order valence-electron chi connectivity index (χ0n) is 34.8. The van der Waals surface area contributed by atoms with Crippen molar-refractivity contribution in [2.24, 2.45) is 0 Å².